The van der Waals surface area contributed by atoms with E-state index < -0.39 is 0 Å². The number of rotatable bonds is 6. The average molecular weight is 519 g/mol. The molecule has 5 unspecified atom stereocenters. The zero-order valence-electron chi connectivity index (χ0n) is 24.3. The lowest BCUT2D eigenvalue weighted by atomic mass is 9.44. The van der Waals surface area contributed by atoms with E-state index in [4.69, 9.17) is 9.47 Å². The van der Waals surface area contributed by atoms with Gasteiger partial charge in [-0.25, -0.2) is 0 Å². The van der Waals surface area contributed by atoms with Crippen molar-refractivity contribution in [3.8, 4) is 0 Å². The van der Waals surface area contributed by atoms with Crippen molar-refractivity contribution in [2.24, 2.45) is 46.3 Å². The third kappa shape index (κ3) is 4.59. The molecule has 0 radical (unpaired) electrons. The first kappa shape index (κ1) is 26.6. The minimum absolute atomic E-state index is 0.0264. The van der Waals surface area contributed by atoms with Gasteiger partial charge in [-0.05, 0) is 104 Å². The van der Waals surface area contributed by atoms with Gasteiger partial charge in [-0.2, -0.15) is 0 Å². The zero-order chi connectivity index (χ0) is 26.5. The normalized spacial score (nSPS) is 43.3. The quantitative estimate of drug-likeness (QED) is 0.280. The molecule has 3 nitrogen and oxygen atoms in total. The fourth-order valence-corrected chi connectivity index (χ4v) is 10.2. The van der Waals surface area contributed by atoms with Crippen LogP contribution in [0.15, 0.2) is 42.0 Å². The molecule has 3 heteroatoms. The first-order valence-corrected chi connectivity index (χ1v) is 15.9. The molecule has 208 valence electrons. The summed E-state index contributed by atoms with van der Waals surface area (Å²) in [6.07, 6.45) is 16.3. The molecule has 0 bridgehead atoms. The molecule has 10 atom stereocenters. The molecule has 0 amide bonds. The second kappa shape index (κ2) is 10.4. The maximum atomic E-state index is 12.4. The molecule has 0 aromatic heterocycles. The molecule has 1 heterocycles. The largest absolute Gasteiger partial charge is 0.462 e. The van der Waals surface area contributed by atoms with Gasteiger partial charge in [0, 0.05) is 12.3 Å². The van der Waals surface area contributed by atoms with Crippen LogP contribution in [0.2, 0.25) is 0 Å². The van der Waals surface area contributed by atoms with Crippen LogP contribution < -0.4 is 0 Å². The SMILES string of the molecule is CC[C@H]1CC(=O)OC([C@@H](C)C2=CCC3C4CCC5C[C@@H](OCc6ccccc6)CC[C@]5(C)C4CC[C@]23C)C1. The second-order valence-electron chi connectivity index (χ2n) is 14.2. The fraction of sp³-hybridized carbons (Fsp3) is 0.743. The van der Waals surface area contributed by atoms with Gasteiger partial charge in [0.15, 0.2) is 0 Å². The van der Waals surface area contributed by atoms with Gasteiger partial charge in [0.05, 0.1) is 12.7 Å². The van der Waals surface area contributed by atoms with Gasteiger partial charge in [0.25, 0.3) is 0 Å². The Morgan fingerprint density at radius 1 is 1.03 bits per heavy atom. The number of fused-ring (bicyclic) bond motifs is 5. The molecule has 38 heavy (non-hydrogen) atoms. The van der Waals surface area contributed by atoms with Crippen molar-refractivity contribution in [3.05, 3.63) is 47.5 Å². The van der Waals surface area contributed by atoms with E-state index in [-0.39, 0.29) is 17.5 Å². The number of benzene rings is 1. The highest BCUT2D eigenvalue weighted by Crippen LogP contribution is 2.67. The number of ether oxygens (including phenoxy) is 2. The molecule has 5 aliphatic rings. The van der Waals surface area contributed by atoms with E-state index >= 15 is 0 Å². The number of carbonyl (C=O) groups excluding carboxylic acids is 1. The number of hydrogen-bond donors (Lipinski definition) is 0. The number of allylic oxidation sites excluding steroid dienone is 1. The van der Waals surface area contributed by atoms with Crippen LogP contribution >= 0.6 is 0 Å². The van der Waals surface area contributed by atoms with E-state index in [1.807, 2.05) is 0 Å². The van der Waals surface area contributed by atoms with Crippen LogP contribution in [0.3, 0.4) is 0 Å². The van der Waals surface area contributed by atoms with Crippen LogP contribution in [0.1, 0.15) is 104 Å². The lowest BCUT2D eigenvalue weighted by molar-refractivity contribution is -0.160. The molecule has 6 rings (SSSR count). The van der Waals surface area contributed by atoms with E-state index in [0.717, 1.165) is 43.1 Å². The molecular weight excluding hydrogens is 468 g/mol. The van der Waals surface area contributed by atoms with Crippen LogP contribution in [0.4, 0.5) is 0 Å². The summed E-state index contributed by atoms with van der Waals surface area (Å²) in [6.45, 7) is 10.6. The summed E-state index contributed by atoms with van der Waals surface area (Å²) < 4.78 is 12.4. The van der Waals surface area contributed by atoms with Crippen molar-refractivity contribution in [1.29, 1.82) is 0 Å². The average Bonchev–Trinajstić information content (AvgIpc) is 3.28. The van der Waals surface area contributed by atoms with Crippen LogP contribution in [-0.4, -0.2) is 18.2 Å². The highest BCUT2D eigenvalue weighted by atomic mass is 16.5. The molecule has 1 saturated heterocycles. The molecule has 1 aromatic carbocycles. The monoisotopic (exact) mass is 518 g/mol. The van der Waals surface area contributed by atoms with E-state index in [1.165, 1.54) is 56.9 Å². The van der Waals surface area contributed by atoms with E-state index in [1.54, 1.807) is 5.57 Å². The van der Waals surface area contributed by atoms with E-state index in [9.17, 15) is 4.79 Å². The maximum Gasteiger partial charge on any atom is 0.306 e. The van der Waals surface area contributed by atoms with Gasteiger partial charge < -0.3 is 9.47 Å². The molecule has 1 aliphatic heterocycles. The Bertz CT molecular complexity index is 1030. The van der Waals surface area contributed by atoms with Crippen LogP contribution in [0.25, 0.3) is 0 Å². The van der Waals surface area contributed by atoms with Crippen molar-refractivity contribution < 1.29 is 14.3 Å². The molecular formula is C35H50O3. The van der Waals surface area contributed by atoms with Crippen molar-refractivity contribution in [1.82, 2.24) is 0 Å². The molecule has 0 N–H and O–H groups in total. The van der Waals surface area contributed by atoms with Crippen molar-refractivity contribution in [2.75, 3.05) is 0 Å². The van der Waals surface area contributed by atoms with Crippen molar-refractivity contribution in [2.45, 2.75) is 117 Å². The van der Waals surface area contributed by atoms with Crippen molar-refractivity contribution in [3.63, 3.8) is 0 Å². The number of carbonyl (C=O) groups is 1. The first-order chi connectivity index (χ1) is 18.3. The predicted molar refractivity (Wildman–Crippen MR) is 152 cm³/mol. The predicted octanol–water partition coefficient (Wildman–Crippen LogP) is 8.52. The third-order valence-corrected chi connectivity index (χ3v) is 12.5. The van der Waals surface area contributed by atoms with E-state index in [0.29, 0.717) is 29.8 Å². The fourth-order valence-electron chi connectivity index (χ4n) is 10.2. The summed E-state index contributed by atoms with van der Waals surface area (Å²) in [5, 5.41) is 0. The Labute approximate surface area is 231 Å². The number of hydrogen-bond acceptors (Lipinski definition) is 3. The van der Waals surface area contributed by atoms with Crippen molar-refractivity contribution >= 4 is 5.97 Å². The van der Waals surface area contributed by atoms with Crippen LogP contribution in [0, 0.1) is 46.3 Å². The number of cyclic esters (lactones) is 1. The molecule has 3 saturated carbocycles. The van der Waals surface area contributed by atoms with Gasteiger partial charge in [-0.3, -0.25) is 4.79 Å². The van der Waals surface area contributed by atoms with Gasteiger partial charge in [-0.1, -0.05) is 76.1 Å². The standard InChI is InChI=1S/C35H50O3/c1-5-24-19-32(38-33(36)20-24)23(2)29-13-14-30-28-12-11-26-21-27(37-22-25-9-7-6-8-10-25)15-17-34(26,3)31(28)16-18-35(29,30)4/h6-10,13,23-24,26-28,30-32H,5,11-12,14-22H2,1-4H3/t23-,24+,26?,27-,28?,30?,31?,32?,34-,35+/m0/s1. The summed E-state index contributed by atoms with van der Waals surface area (Å²) in [4.78, 5) is 12.4. The Kier molecular flexibility index (Phi) is 7.29. The summed E-state index contributed by atoms with van der Waals surface area (Å²) >= 11 is 0. The first-order valence-electron chi connectivity index (χ1n) is 15.9. The highest BCUT2D eigenvalue weighted by molar-refractivity contribution is 5.70. The minimum atomic E-state index is 0.0264. The Balaban J connectivity index is 1.12. The maximum absolute atomic E-state index is 12.4. The number of esters is 1. The summed E-state index contributed by atoms with van der Waals surface area (Å²) in [7, 11) is 0. The highest BCUT2D eigenvalue weighted by Gasteiger charge is 2.59. The van der Waals surface area contributed by atoms with E-state index in [2.05, 4.69) is 64.1 Å². The zero-order valence-corrected chi connectivity index (χ0v) is 24.3. The smallest absolute Gasteiger partial charge is 0.306 e. The summed E-state index contributed by atoms with van der Waals surface area (Å²) in [5.74, 6) is 4.15. The van der Waals surface area contributed by atoms with Gasteiger partial charge in [0.2, 0.25) is 0 Å². The topological polar surface area (TPSA) is 35.5 Å². The third-order valence-electron chi connectivity index (χ3n) is 12.5. The van der Waals surface area contributed by atoms with Crippen LogP contribution in [-0.2, 0) is 20.9 Å². The molecule has 4 aliphatic carbocycles. The summed E-state index contributed by atoms with van der Waals surface area (Å²) in [6, 6.07) is 10.7. The van der Waals surface area contributed by atoms with Gasteiger partial charge in [-0.15, -0.1) is 0 Å². The lowest BCUT2D eigenvalue weighted by Crippen LogP contribution is -2.54. The van der Waals surface area contributed by atoms with Crippen LogP contribution in [0.5, 0.6) is 0 Å². The van der Waals surface area contributed by atoms with Gasteiger partial charge >= 0.3 is 5.97 Å². The molecule has 0 spiro atoms. The molecule has 4 fully saturated rings. The lowest BCUT2D eigenvalue weighted by Gasteiger charge is -2.61. The molecule has 1 aromatic rings. The second-order valence-corrected chi connectivity index (χ2v) is 14.2. The minimum Gasteiger partial charge on any atom is -0.462 e. The Morgan fingerprint density at radius 3 is 2.63 bits per heavy atom. The van der Waals surface area contributed by atoms with Gasteiger partial charge in [0.1, 0.15) is 6.10 Å². The Morgan fingerprint density at radius 2 is 1.84 bits per heavy atom. The summed E-state index contributed by atoms with van der Waals surface area (Å²) in [5.41, 5.74) is 3.67. The Hall–Kier alpha value is -1.61.